The van der Waals surface area contributed by atoms with E-state index in [9.17, 15) is 9.59 Å². The average molecular weight is 441 g/mol. The molecule has 1 aromatic carbocycles. The summed E-state index contributed by atoms with van der Waals surface area (Å²) in [6.07, 6.45) is 4.23. The number of primary amides is 1. The fourth-order valence-corrected chi connectivity index (χ4v) is 4.33. The summed E-state index contributed by atoms with van der Waals surface area (Å²) < 4.78 is 2.01. The number of piperidine rings is 1. The Morgan fingerprint density at radius 2 is 2.10 bits per heavy atom. The maximum absolute atomic E-state index is 12.9. The van der Waals surface area contributed by atoms with Gasteiger partial charge in [-0.15, -0.1) is 0 Å². The van der Waals surface area contributed by atoms with Crippen LogP contribution in [0.5, 0.6) is 0 Å². The standard InChI is InChI=1S/C22H25ClN6O2/c1-13-16(21(24)31)11-25-22(26-13)14-4-3-9-29(12-14)20(30)8-7-19-27-17-10-15(23)5-6-18(17)28(19)2/h5-6,10-11,14H,3-4,7-9,12H2,1-2H3,(H2,24,31)/t14-/m1/s1. The number of rotatable bonds is 5. The van der Waals surface area contributed by atoms with Crippen molar-refractivity contribution in [2.75, 3.05) is 13.1 Å². The fourth-order valence-electron chi connectivity index (χ4n) is 4.16. The molecule has 1 fully saturated rings. The first-order valence-corrected chi connectivity index (χ1v) is 10.7. The lowest BCUT2D eigenvalue weighted by molar-refractivity contribution is -0.132. The van der Waals surface area contributed by atoms with Gasteiger partial charge in [-0.3, -0.25) is 9.59 Å². The molecule has 9 heteroatoms. The van der Waals surface area contributed by atoms with Crippen LogP contribution in [-0.2, 0) is 18.3 Å². The molecule has 1 aliphatic heterocycles. The summed E-state index contributed by atoms with van der Waals surface area (Å²) in [5.74, 6) is 1.14. The maximum Gasteiger partial charge on any atom is 0.252 e. The number of hydrogen-bond donors (Lipinski definition) is 1. The van der Waals surface area contributed by atoms with Crippen LogP contribution in [0.15, 0.2) is 24.4 Å². The zero-order chi connectivity index (χ0) is 22.1. The van der Waals surface area contributed by atoms with Crippen molar-refractivity contribution in [2.45, 2.75) is 38.5 Å². The Labute approximate surface area is 185 Å². The Morgan fingerprint density at radius 3 is 2.84 bits per heavy atom. The molecule has 31 heavy (non-hydrogen) atoms. The molecule has 0 unspecified atom stereocenters. The first kappa shape index (κ1) is 21.2. The molecule has 3 aromatic rings. The number of fused-ring (bicyclic) bond motifs is 1. The molecule has 1 saturated heterocycles. The van der Waals surface area contributed by atoms with Crippen molar-refractivity contribution >= 4 is 34.4 Å². The van der Waals surface area contributed by atoms with Crippen molar-refractivity contribution < 1.29 is 9.59 Å². The smallest absolute Gasteiger partial charge is 0.252 e. The molecule has 2 amide bonds. The Balaban J connectivity index is 1.42. The zero-order valence-electron chi connectivity index (χ0n) is 17.6. The number of benzene rings is 1. The van der Waals surface area contributed by atoms with Gasteiger partial charge in [-0.1, -0.05) is 11.6 Å². The number of carbonyl (C=O) groups excluding carboxylic acids is 2. The van der Waals surface area contributed by atoms with Gasteiger partial charge in [-0.2, -0.15) is 0 Å². The van der Waals surface area contributed by atoms with Crippen molar-refractivity contribution in [2.24, 2.45) is 12.8 Å². The molecule has 1 aliphatic rings. The average Bonchev–Trinajstić information content (AvgIpc) is 3.06. The van der Waals surface area contributed by atoms with Crippen LogP contribution in [0.4, 0.5) is 0 Å². The molecule has 2 aromatic heterocycles. The number of halogens is 1. The fraction of sp³-hybridized carbons (Fsp3) is 0.409. The molecular formula is C22H25ClN6O2. The quantitative estimate of drug-likeness (QED) is 0.656. The zero-order valence-corrected chi connectivity index (χ0v) is 18.4. The molecule has 3 heterocycles. The molecule has 1 atom stereocenters. The van der Waals surface area contributed by atoms with Crippen LogP contribution in [-0.4, -0.2) is 49.3 Å². The molecule has 162 valence electrons. The van der Waals surface area contributed by atoms with E-state index in [0.29, 0.717) is 41.5 Å². The predicted octanol–water partition coefficient (Wildman–Crippen LogP) is 2.76. The number of aryl methyl sites for hydroxylation is 3. The van der Waals surface area contributed by atoms with Crippen LogP contribution in [0, 0.1) is 6.92 Å². The van der Waals surface area contributed by atoms with E-state index >= 15 is 0 Å². The second-order valence-electron chi connectivity index (χ2n) is 7.99. The van der Waals surface area contributed by atoms with Gasteiger partial charge in [0.1, 0.15) is 11.6 Å². The van der Waals surface area contributed by atoms with Gasteiger partial charge in [-0.05, 0) is 38.0 Å². The topological polar surface area (TPSA) is 107 Å². The summed E-state index contributed by atoms with van der Waals surface area (Å²) in [6.45, 7) is 3.05. The number of carbonyl (C=O) groups is 2. The Kier molecular flexibility index (Phi) is 5.91. The van der Waals surface area contributed by atoms with Gasteiger partial charge in [0, 0.05) is 50.1 Å². The van der Waals surface area contributed by atoms with Gasteiger partial charge >= 0.3 is 0 Å². The summed E-state index contributed by atoms with van der Waals surface area (Å²) in [5.41, 5.74) is 8.08. The molecular weight excluding hydrogens is 416 g/mol. The number of amides is 2. The normalized spacial score (nSPS) is 16.6. The van der Waals surface area contributed by atoms with E-state index in [1.165, 1.54) is 6.20 Å². The Hall–Kier alpha value is -3.00. The van der Waals surface area contributed by atoms with Gasteiger partial charge in [-0.25, -0.2) is 15.0 Å². The Morgan fingerprint density at radius 1 is 1.29 bits per heavy atom. The lowest BCUT2D eigenvalue weighted by Crippen LogP contribution is -2.39. The molecule has 0 bridgehead atoms. The van der Waals surface area contributed by atoms with E-state index in [4.69, 9.17) is 17.3 Å². The van der Waals surface area contributed by atoms with Gasteiger partial charge in [0.15, 0.2) is 0 Å². The number of aromatic nitrogens is 4. The minimum absolute atomic E-state index is 0.0521. The number of likely N-dealkylation sites (tertiary alicyclic amines) is 1. The largest absolute Gasteiger partial charge is 0.365 e. The first-order chi connectivity index (χ1) is 14.8. The lowest BCUT2D eigenvalue weighted by Gasteiger charge is -2.32. The van der Waals surface area contributed by atoms with Crippen LogP contribution >= 0.6 is 11.6 Å². The van der Waals surface area contributed by atoms with Gasteiger partial charge in [0.25, 0.3) is 5.91 Å². The monoisotopic (exact) mass is 440 g/mol. The molecule has 8 nitrogen and oxygen atoms in total. The Bertz CT molecular complexity index is 1160. The van der Waals surface area contributed by atoms with Crippen molar-refractivity contribution in [3.05, 3.63) is 52.3 Å². The maximum atomic E-state index is 12.9. The van der Waals surface area contributed by atoms with Crippen LogP contribution in [0.3, 0.4) is 0 Å². The molecule has 0 saturated carbocycles. The predicted molar refractivity (Wildman–Crippen MR) is 118 cm³/mol. The van der Waals surface area contributed by atoms with Gasteiger partial charge < -0.3 is 15.2 Å². The minimum Gasteiger partial charge on any atom is -0.365 e. The number of imidazole rings is 1. The highest BCUT2D eigenvalue weighted by molar-refractivity contribution is 6.31. The number of nitrogens with zero attached hydrogens (tertiary/aromatic N) is 5. The highest BCUT2D eigenvalue weighted by atomic mass is 35.5. The summed E-state index contributed by atoms with van der Waals surface area (Å²) in [6, 6.07) is 5.62. The minimum atomic E-state index is -0.534. The van der Waals surface area contributed by atoms with Crippen LogP contribution in [0.2, 0.25) is 5.02 Å². The molecule has 4 rings (SSSR count). The number of nitrogens with two attached hydrogens (primary N) is 1. The summed E-state index contributed by atoms with van der Waals surface area (Å²) in [7, 11) is 1.95. The van der Waals surface area contributed by atoms with Crippen molar-refractivity contribution in [3.63, 3.8) is 0 Å². The van der Waals surface area contributed by atoms with Gasteiger partial charge in [0.2, 0.25) is 5.91 Å². The molecule has 0 aliphatic carbocycles. The third kappa shape index (κ3) is 4.39. The van der Waals surface area contributed by atoms with E-state index in [-0.39, 0.29) is 11.8 Å². The van der Waals surface area contributed by atoms with Gasteiger partial charge in [0.05, 0.1) is 22.3 Å². The molecule has 0 radical (unpaired) electrons. The van der Waals surface area contributed by atoms with Crippen molar-refractivity contribution in [1.29, 1.82) is 0 Å². The second-order valence-corrected chi connectivity index (χ2v) is 8.43. The van der Waals surface area contributed by atoms with Crippen LogP contribution in [0.25, 0.3) is 11.0 Å². The molecule has 0 spiro atoms. The van der Waals surface area contributed by atoms with E-state index < -0.39 is 5.91 Å². The van der Waals surface area contributed by atoms with Crippen LogP contribution in [0.1, 0.15) is 52.9 Å². The SMILES string of the molecule is Cc1nc([C@@H]2CCCN(C(=O)CCc3nc4cc(Cl)ccc4n3C)C2)ncc1C(N)=O. The third-order valence-electron chi connectivity index (χ3n) is 5.90. The van der Waals surface area contributed by atoms with Crippen molar-refractivity contribution in [3.8, 4) is 0 Å². The molecule has 2 N–H and O–H groups in total. The summed E-state index contributed by atoms with van der Waals surface area (Å²) in [5, 5.41) is 0.647. The highest BCUT2D eigenvalue weighted by Gasteiger charge is 2.27. The highest BCUT2D eigenvalue weighted by Crippen LogP contribution is 2.26. The summed E-state index contributed by atoms with van der Waals surface area (Å²) >= 11 is 6.06. The van der Waals surface area contributed by atoms with E-state index in [1.54, 1.807) is 6.92 Å². The first-order valence-electron chi connectivity index (χ1n) is 10.4. The van der Waals surface area contributed by atoms with E-state index in [0.717, 1.165) is 36.2 Å². The van der Waals surface area contributed by atoms with E-state index in [1.807, 2.05) is 34.7 Å². The number of hydrogen-bond acceptors (Lipinski definition) is 5. The third-order valence-corrected chi connectivity index (χ3v) is 6.14. The lowest BCUT2D eigenvalue weighted by atomic mass is 9.96. The van der Waals surface area contributed by atoms with Crippen LogP contribution < -0.4 is 5.73 Å². The second kappa shape index (κ2) is 8.63. The van der Waals surface area contributed by atoms with Crippen molar-refractivity contribution in [1.82, 2.24) is 24.4 Å². The summed E-state index contributed by atoms with van der Waals surface area (Å²) in [4.78, 5) is 39.7. The van der Waals surface area contributed by atoms with E-state index in [2.05, 4.69) is 15.0 Å².